The van der Waals surface area contributed by atoms with E-state index in [2.05, 4.69) is 21.2 Å². The number of carbonyl (C=O) groups is 1. The number of anilines is 1. The number of amides is 1. The monoisotopic (exact) mass is 298 g/mol. The molecule has 4 N–H and O–H groups in total. The van der Waals surface area contributed by atoms with Crippen LogP contribution in [0.25, 0.3) is 0 Å². The van der Waals surface area contributed by atoms with Crippen molar-refractivity contribution in [2.45, 2.75) is 25.3 Å². The maximum atomic E-state index is 11.9. The maximum Gasteiger partial charge on any atom is 0.227 e. The largest absolute Gasteiger partial charge is 0.506 e. The lowest BCUT2D eigenvalue weighted by Crippen LogP contribution is -2.23. The molecule has 0 aromatic heterocycles. The predicted octanol–water partition coefficient (Wildman–Crippen LogP) is 2.22. The zero-order valence-corrected chi connectivity index (χ0v) is 10.9. The molecule has 4 nitrogen and oxygen atoms in total. The molecule has 1 amide bonds. The highest BCUT2D eigenvalue weighted by molar-refractivity contribution is 9.10. The number of carbonyl (C=O) groups excluding carboxylic acids is 1. The number of halogens is 1. The van der Waals surface area contributed by atoms with E-state index in [1.807, 2.05) is 0 Å². The van der Waals surface area contributed by atoms with Crippen molar-refractivity contribution in [3.8, 4) is 5.75 Å². The molecule has 1 aliphatic carbocycles. The number of rotatable bonds is 2. The molecule has 1 aromatic rings. The fourth-order valence-corrected chi connectivity index (χ4v) is 2.46. The lowest BCUT2D eigenvalue weighted by molar-refractivity contribution is -0.119. The van der Waals surface area contributed by atoms with Crippen LogP contribution in [0.3, 0.4) is 0 Å². The molecule has 0 aliphatic heterocycles. The first-order valence-corrected chi connectivity index (χ1v) is 6.40. The van der Waals surface area contributed by atoms with E-state index in [0.29, 0.717) is 5.69 Å². The van der Waals surface area contributed by atoms with Crippen molar-refractivity contribution in [3.05, 3.63) is 22.7 Å². The van der Waals surface area contributed by atoms with E-state index < -0.39 is 0 Å². The summed E-state index contributed by atoms with van der Waals surface area (Å²) in [4.78, 5) is 11.9. The lowest BCUT2D eigenvalue weighted by Gasteiger charge is -2.12. The highest BCUT2D eigenvalue weighted by Gasteiger charge is 2.28. The quantitative estimate of drug-likeness (QED) is 0.733. The Bertz CT molecular complexity index is 437. The third-order valence-electron chi connectivity index (χ3n) is 3.06. The smallest absolute Gasteiger partial charge is 0.227 e. The van der Waals surface area contributed by atoms with Gasteiger partial charge in [0.2, 0.25) is 5.91 Å². The Hall–Kier alpha value is -1.07. The molecule has 0 radical (unpaired) electrons. The van der Waals surface area contributed by atoms with Gasteiger partial charge in [0.05, 0.1) is 5.69 Å². The number of nitrogens with one attached hydrogen (secondary N) is 1. The second-order valence-electron chi connectivity index (χ2n) is 4.42. The van der Waals surface area contributed by atoms with Gasteiger partial charge in [-0.1, -0.05) is 15.9 Å². The molecule has 1 fully saturated rings. The van der Waals surface area contributed by atoms with Crippen LogP contribution in [0.15, 0.2) is 22.7 Å². The Morgan fingerprint density at radius 1 is 1.47 bits per heavy atom. The Morgan fingerprint density at radius 2 is 2.24 bits per heavy atom. The van der Waals surface area contributed by atoms with Gasteiger partial charge in [0, 0.05) is 16.4 Å². The van der Waals surface area contributed by atoms with Crippen molar-refractivity contribution < 1.29 is 9.90 Å². The van der Waals surface area contributed by atoms with E-state index >= 15 is 0 Å². The molecular weight excluding hydrogens is 284 g/mol. The molecule has 5 heteroatoms. The van der Waals surface area contributed by atoms with E-state index in [4.69, 9.17) is 5.73 Å². The van der Waals surface area contributed by atoms with Crippen molar-refractivity contribution >= 4 is 27.5 Å². The van der Waals surface area contributed by atoms with Gasteiger partial charge in [-0.2, -0.15) is 0 Å². The van der Waals surface area contributed by atoms with Crippen LogP contribution in [-0.4, -0.2) is 17.1 Å². The first kappa shape index (κ1) is 12.4. The summed E-state index contributed by atoms with van der Waals surface area (Å²) in [6.07, 6.45) is 2.44. The summed E-state index contributed by atoms with van der Waals surface area (Å²) >= 11 is 3.30. The van der Waals surface area contributed by atoms with Crippen LogP contribution in [0.5, 0.6) is 5.75 Å². The van der Waals surface area contributed by atoms with Gasteiger partial charge >= 0.3 is 0 Å². The Kier molecular flexibility index (Phi) is 3.69. The fraction of sp³-hybridized carbons (Fsp3) is 0.417. The number of phenols is 1. The van der Waals surface area contributed by atoms with Crippen LogP contribution in [0.4, 0.5) is 5.69 Å². The Labute approximate surface area is 108 Å². The highest BCUT2D eigenvalue weighted by Crippen LogP contribution is 2.30. The van der Waals surface area contributed by atoms with Crippen molar-refractivity contribution in [1.29, 1.82) is 0 Å². The fourth-order valence-electron chi connectivity index (χ4n) is 2.10. The van der Waals surface area contributed by atoms with Gasteiger partial charge in [0.25, 0.3) is 0 Å². The molecule has 0 saturated heterocycles. The first-order valence-electron chi connectivity index (χ1n) is 5.61. The van der Waals surface area contributed by atoms with Gasteiger partial charge in [-0.05, 0) is 37.5 Å². The number of hydrogen-bond acceptors (Lipinski definition) is 3. The molecule has 1 aliphatic rings. The van der Waals surface area contributed by atoms with Crippen LogP contribution in [-0.2, 0) is 4.79 Å². The minimum atomic E-state index is -0.0636. The zero-order chi connectivity index (χ0) is 12.4. The predicted molar refractivity (Wildman–Crippen MR) is 69.8 cm³/mol. The molecule has 2 unspecified atom stereocenters. The third kappa shape index (κ3) is 2.98. The molecule has 0 bridgehead atoms. The molecule has 92 valence electrons. The van der Waals surface area contributed by atoms with Crippen LogP contribution in [0, 0.1) is 5.92 Å². The molecule has 0 heterocycles. The van der Waals surface area contributed by atoms with Crippen molar-refractivity contribution in [1.82, 2.24) is 0 Å². The summed E-state index contributed by atoms with van der Waals surface area (Å²) in [6.45, 7) is 0. The Morgan fingerprint density at radius 3 is 2.88 bits per heavy atom. The van der Waals surface area contributed by atoms with E-state index in [1.165, 1.54) is 0 Å². The normalized spacial score (nSPS) is 23.6. The SMILES string of the molecule is NC1CCC(C(=O)Nc2cc(Br)ccc2O)C1. The summed E-state index contributed by atoms with van der Waals surface area (Å²) in [5.74, 6) is -0.0291. The molecule has 2 atom stereocenters. The van der Waals surface area contributed by atoms with E-state index in [-0.39, 0.29) is 23.6 Å². The summed E-state index contributed by atoms with van der Waals surface area (Å²) in [5, 5.41) is 12.4. The molecular formula is C12H15BrN2O2. The van der Waals surface area contributed by atoms with E-state index in [1.54, 1.807) is 18.2 Å². The van der Waals surface area contributed by atoms with Crippen LogP contribution in [0.1, 0.15) is 19.3 Å². The number of benzene rings is 1. The summed E-state index contributed by atoms with van der Waals surface area (Å²) in [7, 11) is 0. The number of aromatic hydroxyl groups is 1. The topological polar surface area (TPSA) is 75.4 Å². The minimum absolute atomic E-state index is 0.0385. The molecule has 1 saturated carbocycles. The van der Waals surface area contributed by atoms with E-state index in [0.717, 1.165) is 23.7 Å². The number of hydrogen-bond donors (Lipinski definition) is 3. The standard InChI is InChI=1S/C12H15BrN2O2/c13-8-2-4-11(16)10(6-8)15-12(17)7-1-3-9(14)5-7/h2,4,6-7,9,16H,1,3,5,14H2,(H,15,17). The van der Waals surface area contributed by atoms with Crippen molar-refractivity contribution in [3.63, 3.8) is 0 Å². The average molecular weight is 299 g/mol. The minimum Gasteiger partial charge on any atom is -0.506 e. The zero-order valence-electron chi connectivity index (χ0n) is 9.32. The molecule has 2 rings (SSSR count). The average Bonchev–Trinajstić information content (AvgIpc) is 2.70. The second kappa shape index (κ2) is 5.06. The molecule has 0 spiro atoms. The highest BCUT2D eigenvalue weighted by atomic mass is 79.9. The second-order valence-corrected chi connectivity index (χ2v) is 5.34. The van der Waals surface area contributed by atoms with Crippen molar-refractivity contribution in [2.24, 2.45) is 11.7 Å². The van der Waals surface area contributed by atoms with Crippen LogP contribution < -0.4 is 11.1 Å². The summed E-state index contributed by atoms with van der Waals surface area (Å²) in [6, 6.07) is 5.07. The van der Waals surface area contributed by atoms with E-state index in [9.17, 15) is 9.90 Å². The molecule has 1 aromatic carbocycles. The van der Waals surface area contributed by atoms with Crippen molar-refractivity contribution in [2.75, 3.05) is 5.32 Å². The lowest BCUT2D eigenvalue weighted by atomic mass is 10.1. The summed E-state index contributed by atoms with van der Waals surface area (Å²) < 4.78 is 0.814. The van der Waals surface area contributed by atoms with Gasteiger partial charge in [-0.25, -0.2) is 0 Å². The van der Waals surface area contributed by atoms with Gasteiger partial charge in [-0.15, -0.1) is 0 Å². The Balaban J connectivity index is 2.05. The third-order valence-corrected chi connectivity index (χ3v) is 3.55. The van der Waals surface area contributed by atoms with Gasteiger partial charge < -0.3 is 16.2 Å². The number of phenolic OH excluding ortho intramolecular Hbond substituents is 1. The summed E-state index contributed by atoms with van der Waals surface area (Å²) in [5.41, 5.74) is 6.21. The number of nitrogens with two attached hydrogens (primary N) is 1. The van der Waals surface area contributed by atoms with Gasteiger partial charge in [0.1, 0.15) is 5.75 Å². The van der Waals surface area contributed by atoms with Gasteiger partial charge in [-0.3, -0.25) is 4.79 Å². The first-order chi connectivity index (χ1) is 8.06. The van der Waals surface area contributed by atoms with Crippen LogP contribution in [0.2, 0.25) is 0 Å². The van der Waals surface area contributed by atoms with Crippen LogP contribution >= 0.6 is 15.9 Å². The molecule has 17 heavy (non-hydrogen) atoms. The van der Waals surface area contributed by atoms with Gasteiger partial charge in [0.15, 0.2) is 0 Å². The maximum absolute atomic E-state index is 11.9.